The number of nitrogens with zero attached hydrogens (tertiary/aromatic N) is 1. The van der Waals surface area contributed by atoms with Gasteiger partial charge in [-0.25, -0.2) is 9.59 Å². The highest BCUT2D eigenvalue weighted by Gasteiger charge is 2.28. The van der Waals surface area contributed by atoms with Gasteiger partial charge in [-0.1, -0.05) is 11.6 Å². The highest BCUT2D eigenvalue weighted by Crippen LogP contribution is 2.42. The van der Waals surface area contributed by atoms with Crippen molar-refractivity contribution in [3.63, 3.8) is 0 Å². The number of carboxylic acid groups (broad SMARTS) is 1. The number of nitro groups is 1. The monoisotopic (exact) mass is 357 g/mol. The van der Waals surface area contributed by atoms with Crippen LogP contribution >= 0.6 is 22.9 Å². The lowest BCUT2D eigenvalue weighted by Crippen LogP contribution is -2.23. The molecule has 7 nitrogen and oxygen atoms in total. The van der Waals surface area contributed by atoms with Crippen molar-refractivity contribution >= 4 is 50.6 Å². The lowest BCUT2D eigenvalue weighted by molar-refractivity contribution is -0.383. The summed E-state index contributed by atoms with van der Waals surface area (Å²) in [6.45, 7) is 5.03. The maximum Gasteiger partial charge on any atom is 0.350 e. The van der Waals surface area contributed by atoms with Crippen LogP contribution in [-0.2, 0) is 4.74 Å². The van der Waals surface area contributed by atoms with Crippen molar-refractivity contribution in [2.45, 2.75) is 26.4 Å². The van der Waals surface area contributed by atoms with Gasteiger partial charge in [-0.2, -0.15) is 0 Å². The van der Waals surface area contributed by atoms with Crippen LogP contribution in [0.25, 0.3) is 10.1 Å². The smallest absolute Gasteiger partial charge is 0.350 e. The molecule has 1 heterocycles. The van der Waals surface area contributed by atoms with Crippen LogP contribution in [0, 0.1) is 10.1 Å². The Morgan fingerprint density at radius 2 is 1.96 bits per heavy atom. The summed E-state index contributed by atoms with van der Waals surface area (Å²) in [5, 5.41) is 20.2. The van der Waals surface area contributed by atoms with Gasteiger partial charge in [-0.05, 0) is 26.8 Å². The van der Waals surface area contributed by atoms with E-state index in [0.29, 0.717) is 0 Å². The topological polar surface area (TPSA) is 107 Å². The van der Waals surface area contributed by atoms with E-state index < -0.39 is 28.2 Å². The number of rotatable bonds is 3. The lowest BCUT2D eigenvalue weighted by atomic mass is 10.1. The van der Waals surface area contributed by atoms with E-state index in [9.17, 15) is 19.7 Å². The molecule has 122 valence electrons. The Hall–Kier alpha value is -2.19. The van der Waals surface area contributed by atoms with E-state index in [1.807, 2.05) is 0 Å². The average Bonchev–Trinajstić information content (AvgIpc) is 2.73. The zero-order valence-corrected chi connectivity index (χ0v) is 13.9. The Kier molecular flexibility index (Phi) is 4.32. The number of fused-ring (bicyclic) bond motifs is 1. The first-order chi connectivity index (χ1) is 10.5. The minimum Gasteiger partial charge on any atom is -0.478 e. The minimum absolute atomic E-state index is 0.00207. The van der Waals surface area contributed by atoms with Gasteiger partial charge in [-0.3, -0.25) is 10.1 Å². The number of nitro benzene ring substituents is 1. The van der Waals surface area contributed by atoms with Crippen LogP contribution in [0.4, 0.5) is 5.69 Å². The zero-order chi connectivity index (χ0) is 17.5. The second-order valence-corrected chi connectivity index (χ2v) is 7.11. The molecular weight excluding hydrogens is 346 g/mol. The predicted molar refractivity (Wildman–Crippen MR) is 85.6 cm³/mol. The van der Waals surface area contributed by atoms with Crippen LogP contribution in [0.3, 0.4) is 0 Å². The van der Waals surface area contributed by atoms with Crippen LogP contribution in [-0.4, -0.2) is 27.6 Å². The molecular formula is C14H12ClNO6S. The van der Waals surface area contributed by atoms with Gasteiger partial charge in [0, 0.05) is 10.8 Å². The molecule has 0 radical (unpaired) electrons. The second kappa shape index (κ2) is 5.78. The summed E-state index contributed by atoms with van der Waals surface area (Å²) in [4.78, 5) is 33.7. The molecule has 1 N–H and O–H groups in total. The third-order valence-electron chi connectivity index (χ3n) is 2.74. The Labute approximate surface area is 139 Å². The normalized spacial score (nSPS) is 11.5. The molecule has 0 unspecified atom stereocenters. The zero-order valence-electron chi connectivity index (χ0n) is 12.4. The summed E-state index contributed by atoms with van der Waals surface area (Å²) in [5.41, 5.74) is -1.47. The number of benzene rings is 1. The molecule has 0 aliphatic rings. The van der Waals surface area contributed by atoms with Crippen LogP contribution in [0.2, 0.25) is 5.02 Å². The molecule has 0 aliphatic heterocycles. The SMILES string of the molecule is CC(C)(C)OC(=O)c1sc2cc(C(=O)O)cc([N+](=O)[O-])c2c1Cl. The predicted octanol–water partition coefficient (Wildman–Crippen LogP) is 4.12. The fraction of sp³-hybridized carbons (Fsp3) is 0.286. The number of hydrogen-bond acceptors (Lipinski definition) is 6. The van der Waals surface area contributed by atoms with Crippen molar-refractivity contribution in [2.75, 3.05) is 0 Å². The molecule has 0 saturated heterocycles. The van der Waals surface area contributed by atoms with Crippen molar-refractivity contribution in [1.82, 2.24) is 0 Å². The molecule has 0 spiro atoms. The first-order valence-electron chi connectivity index (χ1n) is 6.38. The third kappa shape index (κ3) is 3.43. The van der Waals surface area contributed by atoms with Gasteiger partial charge in [0.25, 0.3) is 5.69 Å². The Morgan fingerprint density at radius 3 is 2.43 bits per heavy atom. The maximum absolute atomic E-state index is 12.2. The van der Waals surface area contributed by atoms with Crippen LogP contribution in [0.1, 0.15) is 40.8 Å². The van der Waals surface area contributed by atoms with E-state index in [0.717, 1.165) is 17.4 Å². The van der Waals surface area contributed by atoms with Gasteiger partial charge >= 0.3 is 11.9 Å². The second-order valence-electron chi connectivity index (χ2n) is 5.68. The highest BCUT2D eigenvalue weighted by molar-refractivity contribution is 7.21. The van der Waals surface area contributed by atoms with Crippen molar-refractivity contribution in [3.05, 3.63) is 37.7 Å². The minimum atomic E-state index is -1.31. The van der Waals surface area contributed by atoms with E-state index in [-0.39, 0.29) is 25.5 Å². The molecule has 23 heavy (non-hydrogen) atoms. The number of aromatic carboxylic acids is 1. The molecule has 2 aromatic rings. The summed E-state index contributed by atoms with van der Waals surface area (Å²) in [6.07, 6.45) is 0. The van der Waals surface area contributed by atoms with Crippen molar-refractivity contribution in [2.24, 2.45) is 0 Å². The van der Waals surface area contributed by atoms with Crippen LogP contribution in [0.15, 0.2) is 12.1 Å². The Morgan fingerprint density at radius 1 is 1.35 bits per heavy atom. The molecule has 0 saturated carbocycles. The maximum atomic E-state index is 12.2. The van der Waals surface area contributed by atoms with E-state index in [4.69, 9.17) is 21.4 Å². The molecule has 0 fully saturated rings. The van der Waals surface area contributed by atoms with Gasteiger partial charge in [-0.15, -0.1) is 11.3 Å². The van der Waals surface area contributed by atoms with Crippen molar-refractivity contribution < 1.29 is 24.4 Å². The summed E-state index contributed by atoms with van der Waals surface area (Å²) < 4.78 is 5.45. The van der Waals surface area contributed by atoms with Crippen molar-refractivity contribution in [1.29, 1.82) is 0 Å². The summed E-state index contributed by atoms with van der Waals surface area (Å²) in [6, 6.07) is 2.16. The number of carbonyl (C=O) groups is 2. The first kappa shape index (κ1) is 17.2. The molecule has 0 atom stereocenters. The standard InChI is InChI=1S/C14H12ClNO6S/c1-14(2,3)22-13(19)11-10(15)9-7(16(20)21)4-6(12(17)18)5-8(9)23-11/h4-5H,1-3H3,(H,17,18). The molecule has 0 amide bonds. The molecule has 2 rings (SSSR count). The molecule has 9 heteroatoms. The van der Waals surface area contributed by atoms with Gasteiger partial charge in [0.1, 0.15) is 10.5 Å². The van der Waals surface area contributed by atoms with E-state index in [1.54, 1.807) is 20.8 Å². The van der Waals surface area contributed by atoms with Gasteiger partial charge < -0.3 is 9.84 Å². The number of esters is 1. The average molecular weight is 358 g/mol. The number of non-ortho nitro benzene ring substituents is 1. The fourth-order valence-corrected chi connectivity index (χ4v) is 3.37. The van der Waals surface area contributed by atoms with E-state index >= 15 is 0 Å². The number of ether oxygens (including phenoxy) is 1. The molecule has 0 aliphatic carbocycles. The van der Waals surface area contributed by atoms with E-state index in [1.165, 1.54) is 6.07 Å². The molecule has 0 bridgehead atoms. The summed E-state index contributed by atoms with van der Waals surface area (Å²) in [7, 11) is 0. The Balaban J connectivity index is 2.70. The highest BCUT2D eigenvalue weighted by atomic mass is 35.5. The van der Waals surface area contributed by atoms with Gasteiger partial charge in [0.15, 0.2) is 0 Å². The largest absolute Gasteiger partial charge is 0.478 e. The Bertz CT molecular complexity index is 836. The summed E-state index contributed by atoms with van der Waals surface area (Å²) in [5.74, 6) is -2.02. The van der Waals surface area contributed by atoms with Crippen LogP contribution < -0.4 is 0 Å². The molecule has 1 aromatic heterocycles. The number of carbonyl (C=O) groups excluding carboxylic acids is 1. The van der Waals surface area contributed by atoms with Gasteiger partial charge in [0.05, 0.1) is 20.9 Å². The fourth-order valence-electron chi connectivity index (χ4n) is 1.89. The van der Waals surface area contributed by atoms with Gasteiger partial charge in [0.2, 0.25) is 0 Å². The van der Waals surface area contributed by atoms with Crippen LogP contribution in [0.5, 0.6) is 0 Å². The number of hydrogen-bond donors (Lipinski definition) is 1. The quantitative estimate of drug-likeness (QED) is 0.503. The van der Waals surface area contributed by atoms with E-state index in [2.05, 4.69) is 0 Å². The molecule has 1 aromatic carbocycles. The number of carboxylic acids is 1. The first-order valence-corrected chi connectivity index (χ1v) is 7.58. The summed E-state index contributed by atoms with van der Waals surface area (Å²) >= 11 is 6.98. The van der Waals surface area contributed by atoms with Crippen molar-refractivity contribution in [3.8, 4) is 0 Å². The third-order valence-corrected chi connectivity index (χ3v) is 4.35. The number of halogens is 1. The lowest BCUT2D eigenvalue weighted by Gasteiger charge is -2.18. The number of thiophene rings is 1.